The molecule has 7 heteroatoms. The summed E-state index contributed by atoms with van der Waals surface area (Å²) in [7, 11) is 1.34. The van der Waals surface area contributed by atoms with Crippen LogP contribution in [0.25, 0.3) is 0 Å². The highest BCUT2D eigenvalue weighted by Crippen LogP contribution is 2.16. The van der Waals surface area contributed by atoms with Gasteiger partial charge in [-0.3, -0.25) is 4.79 Å². The van der Waals surface area contributed by atoms with Crippen LogP contribution < -0.4 is 10.6 Å². The Morgan fingerprint density at radius 1 is 0.964 bits per heavy atom. The van der Waals surface area contributed by atoms with E-state index < -0.39 is 5.97 Å². The number of hydrogen-bond acceptors (Lipinski definition) is 6. The molecule has 0 radical (unpaired) electrons. The molecular formula is C21H20N4O3. The average Bonchev–Trinajstić information content (AvgIpc) is 2.74. The molecule has 2 N–H and O–H groups in total. The topological polar surface area (TPSA) is 93.2 Å². The molecule has 1 heterocycles. The van der Waals surface area contributed by atoms with Crippen LogP contribution >= 0.6 is 0 Å². The first-order valence-corrected chi connectivity index (χ1v) is 8.70. The monoisotopic (exact) mass is 376 g/mol. The summed E-state index contributed by atoms with van der Waals surface area (Å²) < 4.78 is 4.67. The number of benzene rings is 2. The Bertz CT molecular complexity index is 942. The van der Waals surface area contributed by atoms with Gasteiger partial charge in [-0.05, 0) is 36.8 Å². The minimum atomic E-state index is -0.397. The molecule has 2 aromatic carbocycles. The molecule has 0 aliphatic heterocycles. The summed E-state index contributed by atoms with van der Waals surface area (Å²) >= 11 is 0. The number of carbonyl (C=O) groups is 2. The van der Waals surface area contributed by atoms with Gasteiger partial charge < -0.3 is 15.4 Å². The van der Waals surface area contributed by atoms with Gasteiger partial charge in [0.1, 0.15) is 11.5 Å². The lowest BCUT2D eigenvalue weighted by Crippen LogP contribution is -2.27. The zero-order valence-electron chi connectivity index (χ0n) is 15.5. The largest absolute Gasteiger partial charge is 0.465 e. The van der Waals surface area contributed by atoms with Gasteiger partial charge in [0.15, 0.2) is 0 Å². The third kappa shape index (κ3) is 4.70. The Morgan fingerprint density at radius 3 is 2.29 bits per heavy atom. The number of ether oxygens (including phenoxy) is 1. The van der Waals surface area contributed by atoms with Crippen molar-refractivity contribution in [2.24, 2.45) is 0 Å². The van der Waals surface area contributed by atoms with E-state index in [0.717, 1.165) is 11.3 Å². The van der Waals surface area contributed by atoms with Crippen LogP contribution in [0.15, 0.2) is 67.0 Å². The summed E-state index contributed by atoms with van der Waals surface area (Å²) in [5, 5.41) is 5.96. The van der Waals surface area contributed by atoms with Crippen molar-refractivity contribution in [1.82, 2.24) is 15.3 Å². The molecule has 0 saturated heterocycles. The van der Waals surface area contributed by atoms with Crippen LogP contribution in [0.3, 0.4) is 0 Å². The molecule has 1 atom stereocenters. The second-order valence-corrected chi connectivity index (χ2v) is 6.09. The molecule has 28 heavy (non-hydrogen) atoms. The summed E-state index contributed by atoms with van der Waals surface area (Å²) in [4.78, 5) is 32.2. The zero-order valence-corrected chi connectivity index (χ0v) is 15.5. The number of hydrogen-bond donors (Lipinski definition) is 2. The molecule has 1 aromatic heterocycles. The van der Waals surface area contributed by atoms with Gasteiger partial charge >= 0.3 is 5.97 Å². The van der Waals surface area contributed by atoms with Gasteiger partial charge in [-0.2, -0.15) is 0 Å². The van der Waals surface area contributed by atoms with Crippen LogP contribution in [0.2, 0.25) is 0 Å². The van der Waals surface area contributed by atoms with Crippen molar-refractivity contribution in [1.29, 1.82) is 0 Å². The van der Waals surface area contributed by atoms with Gasteiger partial charge in [-0.15, -0.1) is 0 Å². The minimum absolute atomic E-state index is 0.137. The maximum Gasteiger partial charge on any atom is 0.337 e. The molecule has 1 unspecified atom stereocenters. The van der Waals surface area contributed by atoms with Crippen LogP contribution in [-0.2, 0) is 4.74 Å². The van der Waals surface area contributed by atoms with Crippen molar-refractivity contribution in [2.75, 3.05) is 12.4 Å². The molecule has 0 bridgehead atoms. The lowest BCUT2D eigenvalue weighted by atomic mass is 10.1. The highest BCUT2D eigenvalue weighted by Gasteiger charge is 2.13. The molecule has 3 rings (SSSR count). The van der Waals surface area contributed by atoms with Gasteiger partial charge in [0.05, 0.1) is 31.1 Å². The molecule has 1 amide bonds. The summed E-state index contributed by atoms with van der Waals surface area (Å²) in [6.45, 7) is 1.91. The van der Waals surface area contributed by atoms with Crippen LogP contribution in [-0.4, -0.2) is 29.0 Å². The summed E-state index contributed by atoms with van der Waals surface area (Å²) in [6.07, 6.45) is 2.90. The fourth-order valence-corrected chi connectivity index (χ4v) is 2.56. The van der Waals surface area contributed by atoms with E-state index in [2.05, 4.69) is 25.3 Å². The number of nitrogens with one attached hydrogen (secondary N) is 2. The Hall–Kier alpha value is -3.74. The van der Waals surface area contributed by atoms with E-state index in [1.54, 1.807) is 24.3 Å². The second-order valence-electron chi connectivity index (χ2n) is 6.09. The number of aromatic nitrogens is 2. The average molecular weight is 376 g/mol. The van der Waals surface area contributed by atoms with Crippen molar-refractivity contribution in [3.63, 3.8) is 0 Å². The highest BCUT2D eigenvalue weighted by molar-refractivity contribution is 5.92. The third-order valence-electron chi connectivity index (χ3n) is 4.11. The molecule has 3 aromatic rings. The van der Waals surface area contributed by atoms with E-state index in [1.165, 1.54) is 19.5 Å². The zero-order chi connectivity index (χ0) is 19.9. The fourth-order valence-electron chi connectivity index (χ4n) is 2.56. The SMILES string of the molecule is COC(=O)c1ccc(Nc2cnc(C(=O)NC(C)c3ccccc3)cn2)cc1. The quantitative estimate of drug-likeness (QED) is 0.640. The third-order valence-corrected chi connectivity index (χ3v) is 4.11. The van der Waals surface area contributed by atoms with Crippen LogP contribution in [0.5, 0.6) is 0 Å². The Morgan fingerprint density at radius 2 is 1.68 bits per heavy atom. The van der Waals surface area contributed by atoms with Crippen molar-refractivity contribution in [3.05, 3.63) is 83.8 Å². The van der Waals surface area contributed by atoms with Crippen LogP contribution in [0.4, 0.5) is 11.5 Å². The first-order valence-electron chi connectivity index (χ1n) is 8.70. The van der Waals surface area contributed by atoms with E-state index in [9.17, 15) is 9.59 Å². The molecular weight excluding hydrogens is 356 g/mol. The van der Waals surface area contributed by atoms with Gasteiger partial charge in [-0.1, -0.05) is 30.3 Å². The van der Waals surface area contributed by atoms with Crippen molar-refractivity contribution in [2.45, 2.75) is 13.0 Å². The lowest BCUT2D eigenvalue weighted by Gasteiger charge is -2.14. The van der Waals surface area contributed by atoms with E-state index in [-0.39, 0.29) is 17.6 Å². The molecule has 0 saturated carbocycles. The summed E-state index contributed by atoms with van der Waals surface area (Å²) in [6, 6.07) is 16.3. The van der Waals surface area contributed by atoms with Crippen LogP contribution in [0, 0.1) is 0 Å². The minimum Gasteiger partial charge on any atom is -0.465 e. The van der Waals surface area contributed by atoms with Gasteiger partial charge in [0.25, 0.3) is 5.91 Å². The van der Waals surface area contributed by atoms with Gasteiger partial charge in [0, 0.05) is 5.69 Å². The maximum atomic E-state index is 12.4. The van der Waals surface area contributed by atoms with Crippen molar-refractivity contribution >= 4 is 23.4 Å². The standard InChI is InChI=1S/C21H20N4O3/c1-14(15-6-4-3-5-7-15)24-20(26)18-12-23-19(13-22-18)25-17-10-8-16(9-11-17)21(27)28-2/h3-14H,1-2H3,(H,23,25)(H,24,26). The number of rotatable bonds is 6. The predicted molar refractivity (Wildman–Crippen MR) is 105 cm³/mol. The lowest BCUT2D eigenvalue weighted by molar-refractivity contribution is 0.0600. The normalized spacial score (nSPS) is 11.4. The molecule has 0 aliphatic carbocycles. The van der Waals surface area contributed by atoms with Gasteiger partial charge in [0.2, 0.25) is 0 Å². The molecule has 7 nitrogen and oxygen atoms in total. The number of esters is 1. The van der Waals surface area contributed by atoms with E-state index in [4.69, 9.17) is 0 Å². The molecule has 0 spiro atoms. The number of carbonyl (C=O) groups excluding carboxylic acids is 2. The van der Waals surface area contributed by atoms with Gasteiger partial charge in [-0.25, -0.2) is 14.8 Å². The first kappa shape index (κ1) is 19.0. The van der Waals surface area contributed by atoms with E-state index in [0.29, 0.717) is 11.4 Å². The van der Waals surface area contributed by atoms with E-state index >= 15 is 0 Å². The first-order chi connectivity index (χ1) is 13.6. The van der Waals surface area contributed by atoms with Crippen LogP contribution in [0.1, 0.15) is 39.4 Å². The fraction of sp³-hybridized carbons (Fsp3) is 0.143. The summed E-state index contributed by atoms with van der Waals surface area (Å²) in [5.41, 5.74) is 2.43. The maximum absolute atomic E-state index is 12.4. The number of nitrogens with zero attached hydrogens (tertiary/aromatic N) is 2. The number of methoxy groups -OCH3 is 1. The molecule has 142 valence electrons. The Balaban J connectivity index is 1.61. The highest BCUT2D eigenvalue weighted by atomic mass is 16.5. The molecule has 0 fully saturated rings. The Kier molecular flexibility index (Phi) is 5.96. The van der Waals surface area contributed by atoms with Crippen molar-refractivity contribution < 1.29 is 14.3 Å². The number of anilines is 2. The molecule has 0 aliphatic rings. The second kappa shape index (κ2) is 8.77. The predicted octanol–water partition coefficient (Wildman–Crippen LogP) is 3.50. The number of amides is 1. The van der Waals surface area contributed by atoms with E-state index in [1.807, 2.05) is 37.3 Å². The van der Waals surface area contributed by atoms with Crippen molar-refractivity contribution in [3.8, 4) is 0 Å². The Labute approximate surface area is 162 Å². The summed E-state index contributed by atoms with van der Waals surface area (Å²) in [5.74, 6) is -0.206. The smallest absolute Gasteiger partial charge is 0.337 e.